The third-order valence-electron chi connectivity index (χ3n) is 6.47. The van der Waals surface area contributed by atoms with Gasteiger partial charge in [0.05, 0.1) is 6.10 Å². The van der Waals surface area contributed by atoms with E-state index in [0.29, 0.717) is 12.0 Å². The van der Waals surface area contributed by atoms with Gasteiger partial charge in [0.1, 0.15) is 0 Å². The van der Waals surface area contributed by atoms with E-state index in [1.165, 1.54) is 0 Å². The van der Waals surface area contributed by atoms with Crippen molar-refractivity contribution in [1.29, 1.82) is 0 Å². The van der Waals surface area contributed by atoms with Crippen LogP contribution in [0.4, 0.5) is 0 Å². The Hall–Kier alpha value is -0.160. The molecule has 0 aromatic carbocycles. The Morgan fingerprint density at radius 3 is 2.33 bits per heavy atom. The zero-order valence-corrected chi connectivity index (χ0v) is 14.5. The van der Waals surface area contributed by atoms with E-state index >= 15 is 0 Å². The summed E-state index contributed by atoms with van der Waals surface area (Å²) in [4.78, 5) is 5.17. The molecular weight excluding hydrogens is 262 g/mol. The zero-order chi connectivity index (χ0) is 15.5. The molecule has 21 heavy (non-hydrogen) atoms. The topological polar surface area (TPSA) is 41.7 Å². The van der Waals surface area contributed by atoms with Crippen LogP contribution in [0.15, 0.2) is 0 Å². The molecular formula is C17H33N3O. The van der Waals surface area contributed by atoms with Crippen molar-refractivity contribution in [3.63, 3.8) is 0 Å². The molecule has 2 heterocycles. The highest BCUT2D eigenvalue weighted by atomic mass is 16.5. The number of rotatable bonds is 2. The molecule has 122 valence electrons. The van der Waals surface area contributed by atoms with Crippen LogP contribution in [0.1, 0.15) is 41.0 Å². The maximum Gasteiger partial charge on any atom is 0.0691 e. The summed E-state index contributed by atoms with van der Waals surface area (Å²) >= 11 is 0. The first-order valence-electron chi connectivity index (χ1n) is 8.54. The van der Waals surface area contributed by atoms with Gasteiger partial charge in [0.2, 0.25) is 0 Å². The van der Waals surface area contributed by atoms with Crippen molar-refractivity contribution < 1.29 is 4.74 Å². The lowest BCUT2D eigenvalue weighted by molar-refractivity contribution is -0.165. The standard InChI is InChI=1S/C17H33N3O/c1-15(2,3)20-9-7-19(8-10-20)12-17(18)13-6-11-21-14(13)16(17,4)5/h13-14H,6-12,18H2,1-5H3. The molecule has 0 bridgehead atoms. The largest absolute Gasteiger partial charge is 0.377 e. The van der Waals surface area contributed by atoms with E-state index in [1.54, 1.807) is 0 Å². The van der Waals surface area contributed by atoms with E-state index in [2.05, 4.69) is 44.4 Å². The van der Waals surface area contributed by atoms with E-state index in [0.717, 1.165) is 45.8 Å². The van der Waals surface area contributed by atoms with Crippen LogP contribution >= 0.6 is 0 Å². The summed E-state index contributed by atoms with van der Waals surface area (Å²) in [5.74, 6) is 0.563. The maximum atomic E-state index is 6.88. The van der Waals surface area contributed by atoms with Crippen molar-refractivity contribution >= 4 is 0 Å². The molecule has 0 aromatic heterocycles. The van der Waals surface area contributed by atoms with Crippen molar-refractivity contribution in [3.05, 3.63) is 0 Å². The first-order valence-corrected chi connectivity index (χ1v) is 8.54. The Morgan fingerprint density at radius 1 is 1.14 bits per heavy atom. The van der Waals surface area contributed by atoms with Gasteiger partial charge in [-0.2, -0.15) is 0 Å². The summed E-state index contributed by atoms with van der Waals surface area (Å²) in [5.41, 5.74) is 7.20. The van der Waals surface area contributed by atoms with Gasteiger partial charge in [0, 0.05) is 61.7 Å². The van der Waals surface area contributed by atoms with Crippen molar-refractivity contribution in [2.24, 2.45) is 17.1 Å². The smallest absolute Gasteiger partial charge is 0.0691 e. The zero-order valence-electron chi connectivity index (χ0n) is 14.5. The minimum Gasteiger partial charge on any atom is -0.377 e. The summed E-state index contributed by atoms with van der Waals surface area (Å²) in [5, 5.41) is 0. The molecule has 0 aromatic rings. The second-order valence-corrected chi connectivity index (χ2v) is 8.88. The number of nitrogens with two attached hydrogens (primary N) is 1. The Bertz CT molecular complexity index is 395. The molecule has 3 rings (SSSR count). The highest BCUT2D eigenvalue weighted by Crippen LogP contribution is 2.58. The second kappa shape index (κ2) is 4.92. The molecule has 2 aliphatic heterocycles. The molecule has 0 spiro atoms. The second-order valence-electron chi connectivity index (χ2n) is 8.88. The van der Waals surface area contributed by atoms with Gasteiger partial charge in [-0.15, -0.1) is 0 Å². The molecule has 3 atom stereocenters. The molecule has 4 nitrogen and oxygen atoms in total. The SMILES string of the molecule is CC(C)(C)N1CCN(CC2(N)C3CCOC3C2(C)C)CC1. The fourth-order valence-corrected chi connectivity index (χ4v) is 4.74. The number of nitrogens with zero attached hydrogens (tertiary/aromatic N) is 2. The molecule has 3 fully saturated rings. The van der Waals surface area contributed by atoms with Crippen LogP contribution in [0.2, 0.25) is 0 Å². The van der Waals surface area contributed by atoms with Gasteiger partial charge in [0.15, 0.2) is 0 Å². The van der Waals surface area contributed by atoms with E-state index in [4.69, 9.17) is 10.5 Å². The summed E-state index contributed by atoms with van der Waals surface area (Å²) in [6.45, 7) is 18.0. The van der Waals surface area contributed by atoms with E-state index in [9.17, 15) is 0 Å². The molecule has 0 radical (unpaired) electrons. The van der Waals surface area contributed by atoms with Gasteiger partial charge in [-0.3, -0.25) is 9.80 Å². The number of hydrogen-bond acceptors (Lipinski definition) is 4. The van der Waals surface area contributed by atoms with Crippen molar-refractivity contribution in [2.75, 3.05) is 39.3 Å². The molecule has 2 N–H and O–H groups in total. The molecule has 3 unspecified atom stereocenters. The first-order chi connectivity index (χ1) is 9.66. The predicted octanol–water partition coefficient (Wildman–Crippen LogP) is 1.54. The van der Waals surface area contributed by atoms with E-state index in [1.807, 2.05) is 0 Å². The summed E-state index contributed by atoms with van der Waals surface area (Å²) in [7, 11) is 0. The van der Waals surface area contributed by atoms with E-state index < -0.39 is 0 Å². The van der Waals surface area contributed by atoms with Gasteiger partial charge in [0.25, 0.3) is 0 Å². The van der Waals surface area contributed by atoms with Gasteiger partial charge in [-0.25, -0.2) is 0 Å². The maximum absolute atomic E-state index is 6.88. The van der Waals surface area contributed by atoms with Crippen LogP contribution < -0.4 is 5.73 Å². The minimum atomic E-state index is -0.0714. The predicted molar refractivity (Wildman–Crippen MR) is 86.3 cm³/mol. The van der Waals surface area contributed by atoms with Crippen LogP contribution in [-0.2, 0) is 4.74 Å². The Balaban J connectivity index is 1.61. The molecule has 0 amide bonds. The highest BCUT2D eigenvalue weighted by Gasteiger charge is 2.67. The highest BCUT2D eigenvalue weighted by molar-refractivity contribution is 5.21. The van der Waals surface area contributed by atoms with Gasteiger partial charge in [-0.05, 0) is 27.2 Å². The van der Waals surface area contributed by atoms with Crippen LogP contribution in [0.5, 0.6) is 0 Å². The number of piperazine rings is 1. The lowest BCUT2D eigenvalue weighted by atomic mass is 9.48. The monoisotopic (exact) mass is 295 g/mol. The molecule has 1 saturated carbocycles. The quantitative estimate of drug-likeness (QED) is 0.839. The normalized spacial score (nSPS) is 40.9. The number of fused-ring (bicyclic) bond motifs is 1. The Labute approximate surface area is 130 Å². The summed E-state index contributed by atoms with van der Waals surface area (Å²) in [6.07, 6.45) is 1.53. The minimum absolute atomic E-state index is 0.0714. The summed E-state index contributed by atoms with van der Waals surface area (Å²) in [6, 6.07) is 0. The Morgan fingerprint density at radius 2 is 1.76 bits per heavy atom. The average Bonchev–Trinajstić information content (AvgIpc) is 2.86. The first kappa shape index (κ1) is 15.7. The molecule has 1 aliphatic carbocycles. The van der Waals surface area contributed by atoms with Gasteiger partial charge in [-0.1, -0.05) is 13.8 Å². The van der Waals surface area contributed by atoms with Crippen molar-refractivity contribution in [2.45, 2.75) is 58.2 Å². The van der Waals surface area contributed by atoms with Crippen LogP contribution in [0.25, 0.3) is 0 Å². The lowest BCUT2D eigenvalue weighted by Gasteiger charge is -2.63. The van der Waals surface area contributed by atoms with Gasteiger partial charge < -0.3 is 10.5 Å². The number of ether oxygens (including phenoxy) is 1. The fraction of sp³-hybridized carbons (Fsp3) is 1.00. The third-order valence-corrected chi connectivity index (χ3v) is 6.47. The molecule has 3 aliphatic rings. The van der Waals surface area contributed by atoms with Crippen molar-refractivity contribution in [3.8, 4) is 0 Å². The molecule has 4 heteroatoms. The van der Waals surface area contributed by atoms with E-state index in [-0.39, 0.29) is 16.5 Å². The van der Waals surface area contributed by atoms with Crippen molar-refractivity contribution in [1.82, 2.24) is 9.80 Å². The van der Waals surface area contributed by atoms with Crippen LogP contribution in [-0.4, -0.2) is 66.3 Å². The van der Waals surface area contributed by atoms with Crippen LogP contribution in [0.3, 0.4) is 0 Å². The Kier molecular flexibility index (Phi) is 3.68. The lowest BCUT2D eigenvalue weighted by Crippen LogP contribution is -2.78. The average molecular weight is 295 g/mol. The number of hydrogen-bond donors (Lipinski definition) is 1. The van der Waals surface area contributed by atoms with Crippen LogP contribution in [0, 0.1) is 11.3 Å². The summed E-state index contributed by atoms with van der Waals surface area (Å²) < 4.78 is 5.91. The van der Waals surface area contributed by atoms with Gasteiger partial charge >= 0.3 is 0 Å². The fourth-order valence-electron chi connectivity index (χ4n) is 4.74. The third kappa shape index (κ3) is 2.35. The molecule has 2 saturated heterocycles.